The van der Waals surface area contributed by atoms with Crippen LogP contribution in [0.4, 0.5) is 5.69 Å². The van der Waals surface area contributed by atoms with Crippen molar-refractivity contribution in [2.45, 2.75) is 0 Å². The predicted octanol–water partition coefficient (Wildman–Crippen LogP) is 1.93. The first-order valence-electron chi connectivity index (χ1n) is 3.50. The van der Waals surface area contributed by atoms with Crippen molar-refractivity contribution in [2.24, 2.45) is 0 Å². The van der Waals surface area contributed by atoms with Gasteiger partial charge >= 0.3 is 13.7 Å². The van der Waals surface area contributed by atoms with Gasteiger partial charge in [-0.15, -0.1) is 0 Å². The summed E-state index contributed by atoms with van der Waals surface area (Å²) in [7, 11) is -2.89. The van der Waals surface area contributed by atoms with Crippen LogP contribution in [0.3, 0.4) is 0 Å². The highest BCUT2D eigenvalue weighted by Gasteiger charge is 2.15. The first-order chi connectivity index (χ1) is 6.65. The Morgan fingerprint density at radius 3 is 2.71 bits per heavy atom. The molecule has 0 radical (unpaired) electrons. The Balaban J connectivity index is 3.03. The quantitative estimate of drug-likeness (QED) is 0.433. The Labute approximate surface area is 79.7 Å². The molecule has 7 heteroatoms. The van der Waals surface area contributed by atoms with Crippen molar-refractivity contribution in [3.05, 3.63) is 34.4 Å². The first-order valence-corrected chi connectivity index (χ1v) is 4.82. The van der Waals surface area contributed by atoms with Crippen LogP contribution in [0, 0.1) is 21.2 Å². The van der Waals surface area contributed by atoms with Gasteiger partial charge in [-0.2, -0.15) is 5.26 Å². The highest BCUT2D eigenvalue weighted by molar-refractivity contribution is 7.45. The maximum atomic E-state index is 10.7. The summed E-state index contributed by atoms with van der Waals surface area (Å²) in [4.78, 5) is 9.78. The van der Waals surface area contributed by atoms with E-state index in [0.29, 0.717) is 0 Å². The van der Waals surface area contributed by atoms with Crippen LogP contribution in [0.25, 0.3) is 0 Å². The standard InChI is InChI=1S/C7H5N2O4P/c8-5-14(12)13-7-4-2-1-3-6(7)9(10)11/h1-4,14H. The monoisotopic (exact) mass is 212 g/mol. The van der Waals surface area contributed by atoms with Crippen molar-refractivity contribution in [3.63, 3.8) is 0 Å². The second-order valence-electron chi connectivity index (χ2n) is 2.23. The number of hydrogen-bond donors (Lipinski definition) is 0. The molecule has 0 saturated carbocycles. The van der Waals surface area contributed by atoms with Gasteiger partial charge < -0.3 is 4.52 Å². The van der Waals surface area contributed by atoms with Crippen LogP contribution in [0.15, 0.2) is 24.3 Å². The van der Waals surface area contributed by atoms with Gasteiger partial charge in [0.1, 0.15) is 0 Å². The van der Waals surface area contributed by atoms with Crippen LogP contribution >= 0.6 is 8.03 Å². The molecule has 6 nitrogen and oxygen atoms in total. The molecule has 1 rings (SSSR count). The molecule has 0 bridgehead atoms. The van der Waals surface area contributed by atoms with Crippen molar-refractivity contribution in [1.82, 2.24) is 0 Å². The number of rotatable bonds is 3. The summed E-state index contributed by atoms with van der Waals surface area (Å²) in [6.45, 7) is 0. The highest BCUT2D eigenvalue weighted by atomic mass is 31.1. The number of nitro benzene ring substituents is 1. The molecule has 1 atom stereocenters. The number of para-hydroxylation sites is 2. The van der Waals surface area contributed by atoms with E-state index >= 15 is 0 Å². The summed E-state index contributed by atoms with van der Waals surface area (Å²) in [5.74, 6) is 1.23. The Bertz CT molecular complexity index is 426. The van der Waals surface area contributed by atoms with Gasteiger partial charge in [-0.05, 0) is 6.07 Å². The molecular formula is C7H5N2O4P. The fourth-order valence-electron chi connectivity index (χ4n) is 0.817. The SMILES string of the molecule is N#C[PH](=O)Oc1ccccc1[N+](=O)[O-]. The Hall–Kier alpha value is -1.86. The van der Waals surface area contributed by atoms with Gasteiger partial charge in [0.05, 0.1) is 4.92 Å². The van der Waals surface area contributed by atoms with Crippen LogP contribution in [-0.2, 0) is 4.57 Å². The molecule has 1 aromatic rings. The number of hydrogen-bond acceptors (Lipinski definition) is 5. The van der Waals surface area contributed by atoms with E-state index < -0.39 is 13.0 Å². The van der Waals surface area contributed by atoms with E-state index in [2.05, 4.69) is 4.52 Å². The Morgan fingerprint density at radius 1 is 1.50 bits per heavy atom. The zero-order valence-electron chi connectivity index (χ0n) is 6.84. The normalized spacial score (nSPS) is 11.4. The fraction of sp³-hybridized carbons (Fsp3) is 0. The van der Waals surface area contributed by atoms with Gasteiger partial charge in [0.25, 0.3) is 0 Å². The molecule has 0 saturated heterocycles. The number of benzene rings is 1. The molecule has 72 valence electrons. The van der Waals surface area contributed by atoms with Crippen molar-refractivity contribution in [3.8, 4) is 11.6 Å². The van der Waals surface area contributed by atoms with Gasteiger partial charge in [-0.3, -0.25) is 14.7 Å². The molecule has 0 amide bonds. The van der Waals surface area contributed by atoms with E-state index in [9.17, 15) is 14.7 Å². The minimum absolute atomic E-state index is 0.150. The molecule has 0 N–H and O–H groups in total. The van der Waals surface area contributed by atoms with Gasteiger partial charge in [0, 0.05) is 6.07 Å². The largest absolute Gasteiger partial charge is 0.428 e. The van der Waals surface area contributed by atoms with Crippen LogP contribution in [0.5, 0.6) is 5.75 Å². The maximum absolute atomic E-state index is 10.7. The van der Waals surface area contributed by atoms with Crippen molar-refractivity contribution in [2.75, 3.05) is 0 Å². The van der Waals surface area contributed by atoms with Gasteiger partial charge in [-0.25, -0.2) is 0 Å². The highest BCUT2D eigenvalue weighted by Crippen LogP contribution is 2.33. The average Bonchev–Trinajstić information content (AvgIpc) is 2.18. The average molecular weight is 212 g/mol. The van der Waals surface area contributed by atoms with E-state index in [4.69, 9.17) is 5.26 Å². The first kappa shape index (κ1) is 10.2. The van der Waals surface area contributed by atoms with Gasteiger partial charge in [0.2, 0.25) is 5.75 Å². The number of nitriles is 1. The van der Waals surface area contributed by atoms with Crippen LogP contribution in [-0.4, -0.2) is 4.92 Å². The third-order valence-corrected chi connectivity index (χ3v) is 1.94. The lowest BCUT2D eigenvalue weighted by Crippen LogP contribution is -1.91. The summed E-state index contributed by atoms with van der Waals surface area (Å²) in [5, 5.41) is 18.7. The smallest absolute Gasteiger partial charge is 0.334 e. The zero-order chi connectivity index (χ0) is 10.6. The molecule has 1 aromatic carbocycles. The van der Waals surface area contributed by atoms with Crippen LogP contribution in [0.2, 0.25) is 0 Å². The summed E-state index contributed by atoms with van der Waals surface area (Å²) in [6, 6.07) is 5.45. The summed E-state index contributed by atoms with van der Waals surface area (Å²) in [5.41, 5.74) is -0.305. The van der Waals surface area contributed by atoms with E-state index in [1.807, 2.05) is 0 Å². The maximum Gasteiger partial charge on any atom is 0.334 e. The molecule has 0 aliphatic carbocycles. The Kier molecular flexibility index (Phi) is 3.21. The van der Waals surface area contributed by atoms with Crippen LogP contribution in [0.1, 0.15) is 0 Å². The molecule has 0 spiro atoms. The van der Waals surface area contributed by atoms with Gasteiger partial charge in [0.15, 0.2) is 5.81 Å². The van der Waals surface area contributed by atoms with E-state index in [1.165, 1.54) is 30.1 Å². The van der Waals surface area contributed by atoms with Crippen LogP contribution < -0.4 is 4.52 Å². The van der Waals surface area contributed by atoms with Crippen molar-refractivity contribution < 1.29 is 14.0 Å². The third kappa shape index (κ3) is 2.31. The fourth-order valence-corrected chi connectivity index (χ4v) is 1.23. The minimum atomic E-state index is -2.89. The molecule has 0 fully saturated rings. The lowest BCUT2D eigenvalue weighted by Gasteiger charge is -2.00. The lowest BCUT2D eigenvalue weighted by atomic mass is 10.3. The Morgan fingerprint density at radius 2 is 2.14 bits per heavy atom. The van der Waals surface area contributed by atoms with Crippen molar-refractivity contribution >= 4 is 13.7 Å². The zero-order valence-corrected chi connectivity index (χ0v) is 7.84. The van der Waals surface area contributed by atoms with E-state index in [0.717, 1.165) is 0 Å². The lowest BCUT2D eigenvalue weighted by molar-refractivity contribution is -0.385. The molecular weight excluding hydrogens is 207 g/mol. The third-order valence-electron chi connectivity index (χ3n) is 1.36. The summed E-state index contributed by atoms with van der Waals surface area (Å²) >= 11 is 0. The van der Waals surface area contributed by atoms with Gasteiger partial charge in [-0.1, -0.05) is 12.1 Å². The minimum Gasteiger partial charge on any atom is -0.428 e. The number of nitrogens with zero attached hydrogens (tertiary/aromatic N) is 2. The van der Waals surface area contributed by atoms with E-state index in [1.54, 1.807) is 0 Å². The molecule has 0 heterocycles. The topological polar surface area (TPSA) is 93.2 Å². The molecule has 0 aliphatic rings. The molecule has 0 aliphatic heterocycles. The summed E-state index contributed by atoms with van der Waals surface area (Å²) in [6.07, 6.45) is 0. The number of nitro groups is 1. The summed E-state index contributed by atoms with van der Waals surface area (Å²) < 4.78 is 15.3. The second kappa shape index (κ2) is 4.40. The van der Waals surface area contributed by atoms with E-state index in [-0.39, 0.29) is 11.4 Å². The molecule has 14 heavy (non-hydrogen) atoms. The molecule has 0 aromatic heterocycles. The molecule has 1 unspecified atom stereocenters. The second-order valence-corrected chi connectivity index (χ2v) is 3.23. The predicted molar refractivity (Wildman–Crippen MR) is 48.3 cm³/mol. The van der Waals surface area contributed by atoms with Crippen molar-refractivity contribution in [1.29, 1.82) is 5.26 Å².